The van der Waals surface area contributed by atoms with Crippen LogP contribution in [0.5, 0.6) is 0 Å². The quantitative estimate of drug-likeness (QED) is 0.760. The van der Waals surface area contributed by atoms with Crippen LogP contribution in [-0.4, -0.2) is 33.1 Å². The molecule has 1 amide bonds. The van der Waals surface area contributed by atoms with Gasteiger partial charge in [-0.15, -0.1) is 0 Å². The van der Waals surface area contributed by atoms with Gasteiger partial charge in [0, 0.05) is 19.5 Å². The zero-order valence-electron chi connectivity index (χ0n) is 9.36. The van der Waals surface area contributed by atoms with Gasteiger partial charge in [0.2, 0.25) is 5.91 Å². The van der Waals surface area contributed by atoms with Crippen LogP contribution in [0, 0.1) is 6.92 Å². The van der Waals surface area contributed by atoms with E-state index in [1.807, 2.05) is 6.92 Å². The lowest BCUT2D eigenvalue weighted by Crippen LogP contribution is -2.24. The molecule has 1 aromatic heterocycles. The summed E-state index contributed by atoms with van der Waals surface area (Å²) in [6, 6.07) is 0. The van der Waals surface area contributed by atoms with Crippen molar-refractivity contribution < 1.29 is 14.7 Å². The SMILES string of the molecule is CCNC(=O)CCn1c(C(=O)O)cnc1C. The summed E-state index contributed by atoms with van der Waals surface area (Å²) < 4.78 is 1.53. The van der Waals surface area contributed by atoms with Gasteiger partial charge in [-0.2, -0.15) is 0 Å². The number of carboxylic acids is 1. The van der Waals surface area contributed by atoms with Gasteiger partial charge in [0.1, 0.15) is 11.5 Å². The van der Waals surface area contributed by atoms with Gasteiger partial charge >= 0.3 is 5.97 Å². The number of imidazole rings is 1. The molecule has 0 bridgehead atoms. The van der Waals surface area contributed by atoms with Gasteiger partial charge in [0.15, 0.2) is 0 Å². The molecule has 2 N–H and O–H groups in total. The smallest absolute Gasteiger partial charge is 0.354 e. The Balaban J connectivity index is 2.69. The van der Waals surface area contributed by atoms with Crippen LogP contribution in [0.25, 0.3) is 0 Å². The third-order valence-electron chi connectivity index (χ3n) is 2.21. The monoisotopic (exact) mass is 225 g/mol. The number of carbonyl (C=O) groups is 2. The third kappa shape index (κ3) is 2.82. The molecule has 1 rings (SSSR count). The van der Waals surface area contributed by atoms with Crippen molar-refractivity contribution in [3.05, 3.63) is 17.7 Å². The van der Waals surface area contributed by atoms with Crippen molar-refractivity contribution in [3.63, 3.8) is 0 Å². The first-order valence-electron chi connectivity index (χ1n) is 5.08. The maximum absolute atomic E-state index is 11.2. The molecule has 88 valence electrons. The lowest BCUT2D eigenvalue weighted by atomic mass is 10.3. The number of carbonyl (C=O) groups excluding carboxylic acids is 1. The van der Waals surface area contributed by atoms with Crippen molar-refractivity contribution in [1.29, 1.82) is 0 Å². The van der Waals surface area contributed by atoms with Gasteiger partial charge in [0.05, 0.1) is 6.20 Å². The normalized spacial score (nSPS) is 10.1. The van der Waals surface area contributed by atoms with Crippen LogP contribution in [0.4, 0.5) is 0 Å². The fraction of sp³-hybridized carbons (Fsp3) is 0.500. The fourth-order valence-corrected chi connectivity index (χ4v) is 1.42. The first kappa shape index (κ1) is 12.2. The Morgan fingerprint density at radius 3 is 2.81 bits per heavy atom. The van der Waals surface area contributed by atoms with Crippen LogP contribution in [0.1, 0.15) is 29.7 Å². The Bertz CT molecular complexity index is 398. The van der Waals surface area contributed by atoms with Crippen LogP contribution < -0.4 is 5.32 Å². The van der Waals surface area contributed by atoms with E-state index < -0.39 is 5.97 Å². The number of amides is 1. The molecule has 0 aliphatic carbocycles. The first-order chi connectivity index (χ1) is 7.56. The molecule has 6 heteroatoms. The summed E-state index contributed by atoms with van der Waals surface area (Å²) in [5.74, 6) is -0.523. The standard InChI is InChI=1S/C10H15N3O3/c1-3-11-9(14)4-5-13-7(2)12-6-8(13)10(15)16/h6H,3-5H2,1-2H3,(H,11,14)(H,15,16). The number of aromatic nitrogens is 2. The lowest BCUT2D eigenvalue weighted by molar-refractivity contribution is -0.121. The Hall–Kier alpha value is -1.85. The molecule has 0 fully saturated rings. The number of aryl methyl sites for hydroxylation is 1. The molecule has 0 saturated carbocycles. The van der Waals surface area contributed by atoms with E-state index in [9.17, 15) is 9.59 Å². The molecule has 0 aliphatic heterocycles. The number of aromatic carboxylic acids is 1. The van der Waals surface area contributed by atoms with Crippen LogP contribution in [0.3, 0.4) is 0 Å². The zero-order chi connectivity index (χ0) is 12.1. The molecule has 0 spiro atoms. The van der Waals surface area contributed by atoms with Gasteiger partial charge in [-0.05, 0) is 13.8 Å². The molecule has 16 heavy (non-hydrogen) atoms. The molecule has 0 radical (unpaired) electrons. The average molecular weight is 225 g/mol. The Labute approximate surface area is 93.3 Å². The Kier molecular flexibility index (Phi) is 4.04. The fourth-order valence-electron chi connectivity index (χ4n) is 1.42. The second-order valence-electron chi connectivity index (χ2n) is 3.35. The van der Waals surface area contributed by atoms with E-state index in [0.717, 1.165) is 0 Å². The van der Waals surface area contributed by atoms with E-state index in [4.69, 9.17) is 5.11 Å². The highest BCUT2D eigenvalue weighted by molar-refractivity contribution is 5.85. The number of rotatable bonds is 5. The average Bonchev–Trinajstić information content (AvgIpc) is 2.57. The van der Waals surface area contributed by atoms with Gasteiger partial charge < -0.3 is 15.0 Å². The van der Waals surface area contributed by atoms with Crippen LogP contribution in [0.15, 0.2) is 6.20 Å². The van der Waals surface area contributed by atoms with Crippen molar-refractivity contribution in [2.24, 2.45) is 0 Å². The third-order valence-corrected chi connectivity index (χ3v) is 2.21. The summed E-state index contributed by atoms with van der Waals surface area (Å²) in [6.07, 6.45) is 1.56. The van der Waals surface area contributed by atoms with Gasteiger partial charge in [-0.1, -0.05) is 0 Å². The zero-order valence-corrected chi connectivity index (χ0v) is 9.36. The van der Waals surface area contributed by atoms with Crippen molar-refractivity contribution in [2.75, 3.05) is 6.54 Å². The molecule has 0 aliphatic rings. The predicted octanol–water partition coefficient (Wildman–Crippen LogP) is 0.416. The molecular weight excluding hydrogens is 210 g/mol. The molecule has 6 nitrogen and oxygen atoms in total. The summed E-state index contributed by atoms with van der Waals surface area (Å²) >= 11 is 0. The maximum atomic E-state index is 11.2. The van der Waals surface area contributed by atoms with E-state index in [-0.39, 0.29) is 18.0 Å². The van der Waals surface area contributed by atoms with Crippen molar-refractivity contribution in [3.8, 4) is 0 Å². The summed E-state index contributed by atoms with van der Waals surface area (Å²) in [6.45, 7) is 4.46. The summed E-state index contributed by atoms with van der Waals surface area (Å²) in [5.41, 5.74) is 0.113. The Morgan fingerprint density at radius 2 is 2.25 bits per heavy atom. The van der Waals surface area contributed by atoms with Gasteiger partial charge in [-0.3, -0.25) is 4.79 Å². The highest BCUT2D eigenvalue weighted by atomic mass is 16.4. The number of nitrogens with zero attached hydrogens (tertiary/aromatic N) is 2. The van der Waals surface area contributed by atoms with E-state index in [1.165, 1.54) is 10.8 Å². The minimum absolute atomic E-state index is 0.0908. The Morgan fingerprint density at radius 1 is 1.56 bits per heavy atom. The summed E-state index contributed by atoms with van der Waals surface area (Å²) in [5, 5.41) is 11.5. The van der Waals surface area contributed by atoms with Crippen molar-refractivity contribution in [1.82, 2.24) is 14.9 Å². The van der Waals surface area contributed by atoms with E-state index in [0.29, 0.717) is 18.9 Å². The van der Waals surface area contributed by atoms with Crippen LogP contribution in [-0.2, 0) is 11.3 Å². The predicted molar refractivity (Wildman–Crippen MR) is 57.2 cm³/mol. The highest BCUT2D eigenvalue weighted by Gasteiger charge is 2.13. The first-order valence-corrected chi connectivity index (χ1v) is 5.08. The van der Waals surface area contributed by atoms with E-state index in [1.54, 1.807) is 6.92 Å². The van der Waals surface area contributed by atoms with Crippen molar-refractivity contribution in [2.45, 2.75) is 26.8 Å². The van der Waals surface area contributed by atoms with Crippen LogP contribution >= 0.6 is 0 Å². The lowest BCUT2D eigenvalue weighted by Gasteiger charge is -2.07. The minimum atomic E-state index is -1.03. The minimum Gasteiger partial charge on any atom is -0.477 e. The van der Waals surface area contributed by atoms with Crippen molar-refractivity contribution >= 4 is 11.9 Å². The maximum Gasteiger partial charge on any atom is 0.354 e. The molecule has 1 heterocycles. The van der Waals surface area contributed by atoms with Gasteiger partial charge in [-0.25, -0.2) is 9.78 Å². The summed E-state index contributed by atoms with van der Waals surface area (Å²) in [4.78, 5) is 26.0. The summed E-state index contributed by atoms with van der Waals surface area (Å²) in [7, 11) is 0. The van der Waals surface area contributed by atoms with E-state index in [2.05, 4.69) is 10.3 Å². The molecular formula is C10H15N3O3. The second-order valence-corrected chi connectivity index (χ2v) is 3.35. The number of hydrogen-bond acceptors (Lipinski definition) is 3. The molecule has 1 aromatic rings. The molecule has 0 aromatic carbocycles. The number of hydrogen-bond donors (Lipinski definition) is 2. The van der Waals surface area contributed by atoms with E-state index >= 15 is 0 Å². The molecule has 0 atom stereocenters. The van der Waals surface area contributed by atoms with Crippen LogP contribution in [0.2, 0.25) is 0 Å². The number of nitrogens with one attached hydrogen (secondary N) is 1. The van der Waals surface area contributed by atoms with Gasteiger partial charge in [0.25, 0.3) is 0 Å². The largest absolute Gasteiger partial charge is 0.477 e. The highest BCUT2D eigenvalue weighted by Crippen LogP contribution is 2.05. The molecule has 0 unspecified atom stereocenters. The topological polar surface area (TPSA) is 84.2 Å². The molecule has 0 saturated heterocycles. The number of carboxylic acid groups (broad SMARTS) is 1. The second kappa shape index (κ2) is 5.29.